The van der Waals surface area contributed by atoms with Gasteiger partial charge in [-0.2, -0.15) is 17.5 Å². The van der Waals surface area contributed by atoms with E-state index in [0.717, 1.165) is 70.3 Å². The maximum absolute atomic E-state index is 4.54. The van der Waals surface area contributed by atoms with Gasteiger partial charge in [0.2, 0.25) is 0 Å². The Balaban J connectivity index is 1.28. The minimum atomic E-state index is 0.893. The average molecular weight is 671 g/mol. The molecule has 0 saturated carbocycles. The summed E-state index contributed by atoms with van der Waals surface area (Å²) in [4.78, 5) is 2.26. The summed E-state index contributed by atoms with van der Waals surface area (Å²) in [5.74, 6) is 0. The van der Waals surface area contributed by atoms with Gasteiger partial charge in [0.15, 0.2) is 0 Å². The normalized spacial score (nSPS) is 11.3. The van der Waals surface area contributed by atoms with E-state index in [1.54, 1.807) is 0 Å². The third kappa shape index (κ3) is 4.45. The van der Waals surface area contributed by atoms with E-state index >= 15 is 0 Å². The maximum Gasteiger partial charge on any atom is 0.119 e. The van der Waals surface area contributed by atoms with Crippen LogP contribution in [-0.4, -0.2) is 17.5 Å². The second kappa shape index (κ2) is 10.2. The molecule has 0 atom stereocenters. The van der Waals surface area contributed by atoms with E-state index in [0.29, 0.717) is 0 Å². The van der Waals surface area contributed by atoms with Crippen LogP contribution in [0.3, 0.4) is 0 Å². The number of nitrogens with zero attached hydrogens (tertiary/aromatic N) is 5. The molecule has 0 aliphatic heterocycles. The highest BCUT2D eigenvalue weighted by Crippen LogP contribution is 2.39. The summed E-state index contributed by atoms with van der Waals surface area (Å²) >= 11 is 9.64. The summed E-state index contributed by atoms with van der Waals surface area (Å²) in [5.41, 5.74) is 11.2. The Morgan fingerprint density at radius 2 is 0.846 bits per heavy atom. The maximum atomic E-state index is 4.54. The molecule has 2 aromatic heterocycles. The monoisotopic (exact) mass is 669 g/mol. The van der Waals surface area contributed by atoms with Crippen LogP contribution in [0.1, 0.15) is 0 Å². The Morgan fingerprint density at radius 1 is 0.436 bits per heavy atom. The first kappa shape index (κ1) is 24.5. The zero-order valence-electron chi connectivity index (χ0n) is 20.1. The van der Waals surface area contributed by atoms with E-state index in [1.165, 1.54) is 23.5 Å². The van der Waals surface area contributed by atoms with Crippen LogP contribution in [0.15, 0.2) is 112 Å². The molecule has 0 bridgehead atoms. The van der Waals surface area contributed by atoms with Crippen LogP contribution in [-0.2, 0) is 0 Å². The number of para-hydroxylation sites is 1. The minimum absolute atomic E-state index is 0.893. The van der Waals surface area contributed by atoms with Crippen molar-refractivity contribution in [3.05, 3.63) is 112 Å². The summed E-state index contributed by atoms with van der Waals surface area (Å²) in [6.07, 6.45) is 0. The van der Waals surface area contributed by atoms with Crippen molar-refractivity contribution < 1.29 is 0 Å². The number of rotatable bonds is 5. The second-order valence-electron chi connectivity index (χ2n) is 8.88. The van der Waals surface area contributed by atoms with Crippen molar-refractivity contribution in [3.8, 4) is 22.3 Å². The third-order valence-corrected chi connectivity index (χ3v) is 8.96. The number of hydrogen-bond acceptors (Lipinski definition) is 7. The molecule has 0 amide bonds. The zero-order valence-corrected chi connectivity index (χ0v) is 24.9. The summed E-state index contributed by atoms with van der Waals surface area (Å²) in [6, 6.07) is 35.9. The average Bonchev–Trinajstić information content (AvgIpc) is 3.67. The van der Waals surface area contributed by atoms with Gasteiger partial charge < -0.3 is 4.90 Å². The number of anilines is 3. The Labute approximate surface area is 249 Å². The third-order valence-electron chi connectivity index (χ3n) is 6.62. The van der Waals surface area contributed by atoms with Crippen LogP contribution in [0.5, 0.6) is 0 Å². The van der Waals surface area contributed by atoms with Gasteiger partial charge in [0.1, 0.15) is 22.1 Å². The molecule has 0 unspecified atom stereocenters. The molecule has 0 fully saturated rings. The second-order valence-corrected chi connectivity index (χ2v) is 11.6. The molecule has 0 aliphatic rings. The smallest absolute Gasteiger partial charge is 0.119 e. The highest BCUT2D eigenvalue weighted by molar-refractivity contribution is 9.11. The molecular weight excluding hydrogens is 654 g/mol. The van der Waals surface area contributed by atoms with Crippen molar-refractivity contribution in [2.24, 2.45) is 0 Å². The van der Waals surface area contributed by atoms with Crippen molar-refractivity contribution in [2.45, 2.75) is 0 Å². The molecule has 0 aliphatic carbocycles. The Hall–Kier alpha value is -3.50. The lowest BCUT2D eigenvalue weighted by molar-refractivity contribution is 1.28. The van der Waals surface area contributed by atoms with Gasteiger partial charge in [-0.15, -0.1) is 0 Å². The lowest BCUT2D eigenvalue weighted by Gasteiger charge is -2.26. The van der Waals surface area contributed by atoms with Crippen LogP contribution in [0.2, 0.25) is 0 Å². The number of aromatic nitrogens is 4. The van der Waals surface area contributed by atoms with Crippen LogP contribution in [0.25, 0.3) is 44.3 Å². The molecule has 7 aromatic rings. The summed E-state index contributed by atoms with van der Waals surface area (Å²) in [6.45, 7) is 0. The van der Waals surface area contributed by atoms with E-state index in [1.807, 2.05) is 18.2 Å². The predicted octanol–water partition coefficient (Wildman–Crippen LogP) is 10.0. The Bertz CT molecular complexity index is 1810. The van der Waals surface area contributed by atoms with E-state index in [4.69, 9.17) is 0 Å². The fourth-order valence-corrected chi connectivity index (χ4v) is 6.94. The first-order chi connectivity index (χ1) is 19.2. The fraction of sp³-hybridized carbons (Fsp3) is 0. The molecule has 9 heteroatoms. The summed E-state index contributed by atoms with van der Waals surface area (Å²) in [5, 5.41) is 0. The molecule has 188 valence electrons. The van der Waals surface area contributed by atoms with Crippen molar-refractivity contribution in [2.75, 3.05) is 4.90 Å². The number of fused-ring (bicyclic) bond motifs is 2. The Kier molecular flexibility index (Phi) is 6.44. The topological polar surface area (TPSA) is 54.8 Å². The molecule has 7 rings (SSSR count). The van der Waals surface area contributed by atoms with E-state index < -0.39 is 0 Å². The molecule has 5 aromatic carbocycles. The van der Waals surface area contributed by atoms with Crippen LogP contribution in [0, 0.1) is 0 Å². The molecule has 0 spiro atoms. The molecule has 0 N–H and O–H groups in total. The van der Waals surface area contributed by atoms with Gasteiger partial charge in [-0.25, -0.2) is 0 Å². The SMILES string of the molecule is Brc1ccc(-c2ccc(N(c3ccccc3)c3ccc(-c4ccc(Br)c5nsnc45)cc3)cc2)c2nsnc12. The molecule has 2 heterocycles. The van der Waals surface area contributed by atoms with Crippen molar-refractivity contribution in [1.29, 1.82) is 0 Å². The number of benzene rings is 5. The van der Waals surface area contributed by atoms with Crippen molar-refractivity contribution >= 4 is 94.4 Å². The Morgan fingerprint density at radius 3 is 1.31 bits per heavy atom. The van der Waals surface area contributed by atoms with Gasteiger partial charge in [-0.05, 0) is 91.5 Å². The lowest BCUT2D eigenvalue weighted by atomic mass is 10.0. The van der Waals surface area contributed by atoms with Gasteiger partial charge in [0.25, 0.3) is 0 Å². The zero-order chi connectivity index (χ0) is 26.3. The van der Waals surface area contributed by atoms with Crippen LogP contribution in [0.4, 0.5) is 17.1 Å². The molecular formula is C30H17Br2N5S2. The number of halogens is 2. The minimum Gasteiger partial charge on any atom is -0.311 e. The summed E-state index contributed by atoms with van der Waals surface area (Å²) in [7, 11) is 0. The van der Waals surface area contributed by atoms with E-state index in [2.05, 4.69) is 139 Å². The van der Waals surface area contributed by atoms with Crippen LogP contribution >= 0.6 is 55.3 Å². The van der Waals surface area contributed by atoms with Crippen molar-refractivity contribution in [1.82, 2.24) is 17.5 Å². The predicted molar refractivity (Wildman–Crippen MR) is 169 cm³/mol. The molecule has 39 heavy (non-hydrogen) atoms. The van der Waals surface area contributed by atoms with Gasteiger partial charge in [0.05, 0.1) is 23.5 Å². The van der Waals surface area contributed by atoms with Crippen molar-refractivity contribution in [3.63, 3.8) is 0 Å². The highest BCUT2D eigenvalue weighted by Gasteiger charge is 2.16. The van der Waals surface area contributed by atoms with E-state index in [-0.39, 0.29) is 0 Å². The molecule has 0 saturated heterocycles. The molecule has 5 nitrogen and oxygen atoms in total. The molecule has 0 radical (unpaired) electrons. The van der Waals surface area contributed by atoms with Gasteiger partial charge in [-0.3, -0.25) is 0 Å². The largest absolute Gasteiger partial charge is 0.311 e. The standard InChI is InChI=1S/C30H17Br2N5S2/c31-25-16-14-23(27-29(25)35-38-33-27)18-6-10-21(11-7-18)37(20-4-2-1-3-5-20)22-12-8-19(9-13-22)24-15-17-26(32)30-28(24)34-39-36-30/h1-17H. The highest BCUT2D eigenvalue weighted by atomic mass is 79.9. The van der Waals surface area contributed by atoms with Crippen LogP contribution < -0.4 is 4.90 Å². The quantitative estimate of drug-likeness (QED) is 0.182. The first-order valence-electron chi connectivity index (χ1n) is 12.0. The number of hydrogen-bond donors (Lipinski definition) is 0. The van der Waals surface area contributed by atoms with Gasteiger partial charge >= 0.3 is 0 Å². The van der Waals surface area contributed by atoms with E-state index in [9.17, 15) is 0 Å². The fourth-order valence-electron chi connectivity index (χ4n) is 4.74. The van der Waals surface area contributed by atoms with Gasteiger partial charge in [0, 0.05) is 37.1 Å². The first-order valence-corrected chi connectivity index (χ1v) is 15.1. The lowest BCUT2D eigenvalue weighted by Crippen LogP contribution is -2.09. The van der Waals surface area contributed by atoms with Gasteiger partial charge in [-0.1, -0.05) is 54.6 Å². The summed E-state index contributed by atoms with van der Waals surface area (Å²) < 4.78 is 19.9.